The molecule has 1 nitrogen and oxygen atoms in total. The van der Waals surface area contributed by atoms with Crippen LogP contribution < -0.4 is 0 Å². The summed E-state index contributed by atoms with van der Waals surface area (Å²) in [4.78, 5) is 0. The molecule has 11 rings (SSSR count). The summed E-state index contributed by atoms with van der Waals surface area (Å²) in [5, 5.41) is 8.50. The fourth-order valence-electron chi connectivity index (χ4n) is 9.04. The molecule has 0 N–H and O–H groups in total. The summed E-state index contributed by atoms with van der Waals surface area (Å²) in [7, 11) is 0. The largest absolute Gasteiger partial charge is 0.455 e. The number of benzene rings is 10. The van der Waals surface area contributed by atoms with Crippen molar-refractivity contribution in [1.82, 2.24) is 0 Å². The van der Waals surface area contributed by atoms with Crippen LogP contribution in [0, 0.1) is 0 Å². The van der Waals surface area contributed by atoms with E-state index in [2.05, 4.69) is 218 Å². The standard InChI is InChI=1S/C56H36O/c1-5-19-37(20-6-1)49-43-27-13-15-29-45(43)50(46-30-16-14-28-44(46)49)40-33-35-41(36-34-40)51-47-31-17-18-32-48(47)54-53(39-23-9-3-10-24-39)55(42-25-11-4-12-26-42)57-56(54)52(51)38-21-7-2-8-22-38/h1-36H. The van der Waals surface area contributed by atoms with Crippen LogP contribution in [-0.2, 0) is 0 Å². The zero-order chi connectivity index (χ0) is 37.7. The van der Waals surface area contributed by atoms with Gasteiger partial charge in [0, 0.05) is 27.6 Å². The summed E-state index contributed by atoms with van der Waals surface area (Å²) in [5.41, 5.74) is 13.7. The zero-order valence-electron chi connectivity index (χ0n) is 31.2. The van der Waals surface area contributed by atoms with Crippen molar-refractivity contribution in [3.8, 4) is 67.0 Å². The maximum absolute atomic E-state index is 7.23. The fourth-order valence-corrected chi connectivity index (χ4v) is 9.04. The second kappa shape index (κ2) is 13.7. The highest BCUT2D eigenvalue weighted by molar-refractivity contribution is 6.26. The molecule has 0 amide bonds. The highest BCUT2D eigenvalue weighted by Gasteiger charge is 2.27. The summed E-state index contributed by atoms with van der Waals surface area (Å²) in [6.07, 6.45) is 0. The molecule has 1 aromatic heterocycles. The van der Waals surface area contributed by atoms with E-state index < -0.39 is 0 Å². The molecule has 266 valence electrons. The van der Waals surface area contributed by atoms with Gasteiger partial charge in [-0.1, -0.05) is 218 Å². The Morgan fingerprint density at radius 3 is 0.947 bits per heavy atom. The van der Waals surface area contributed by atoms with E-state index in [0.29, 0.717) is 0 Å². The maximum atomic E-state index is 7.23. The molecule has 57 heavy (non-hydrogen) atoms. The molecule has 0 aliphatic carbocycles. The van der Waals surface area contributed by atoms with E-state index in [1.54, 1.807) is 0 Å². The molecule has 0 saturated carbocycles. The van der Waals surface area contributed by atoms with E-state index in [-0.39, 0.29) is 0 Å². The Morgan fingerprint density at radius 1 is 0.211 bits per heavy atom. The van der Waals surface area contributed by atoms with Crippen LogP contribution >= 0.6 is 0 Å². The first-order valence-electron chi connectivity index (χ1n) is 19.6. The lowest BCUT2D eigenvalue weighted by atomic mass is 9.84. The van der Waals surface area contributed by atoms with E-state index in [0.717, 1.165) is 55.7 Å². The quantitative estimate of drug-likeness (QED) is 0.156. The minimum Gasteiger partial charge on any atom is -0.455 e. The molecule has 0 fully saturated rings. The lowest BCUT2D eigenvalue weighted by Gasteiger charge is -2.19. The van der Waals surface area contributed by atoms with Gasteiger partial charge >= 0.3 is 0 Å². The van der Waals surface area contributed by atoms with Crippen LogP contribution in [0.2, 0.25) is 0 Å². The van der Waals surface area contributed by atoms with Crippen LogP contribution in [0.5, 0.6) is 0 Å². The van der Waals surface area contributed by atoms with Crippen molar-refractivity contribution < 1.29 is 4.42 Å². The van der Waals surface area contributed by atoms with E-state index in [4.69, 9.17) is 4.42 Å². The monoisotopic (exact) mass is 724 g/mol. The molecule has 0 spiro atoms. The van der Waals surface area contributed by atoms with Crippen LogP contribution in [0.1, 0.15) is 0 Å². The Hall–Kier alpha value is -7.48. The van der Waals surface area contributed by atoms with E-state index in [1.807, 2.05) is 0 Å². The summed E-state index contributed by atoms with van der Waals surface area (Å²) in [5.74, 6) is 0.879. The molecule has 10 aromatic carbocycles. The molecular weight excluding hydrogens is 689 g/mol. The Kier molecular flexibility index (Phi) is 7.89. The van der Waals surface area contributed by atoms with Gasteiger partial charge in [0.2, 0.25) is 0 Å². The number of furan rings is 1. The van der Waals surface area contributed by atoms with Crippen LogP contribution in [0.25, 0.3) is 110 Å². The van der Waals surface area contributed by atoms with Crippen molar-refractivity contribution in [3.05, 3.63) is 218 Å². The van der Waals surface area contributed by atoms with Gasteiger partial charge in [0.25, 0.3) is 0 Å². The predicted octanol–water partition coefficient (Wildman–Crippen LogP) is 15.9. The van der Waals surface area contributed by atoms with Crippen LogP contribution in [0.4, 0.5) is 0 Å². The van der Waals surface area contributed by atoms with Gasteiger partial charge in [0.05, 0.1) is 0 Å². The summed E-state index contributed by atoms with van der Waals surface area (Å²) in [6.45, 7) is 0. The van der Waals surface area contributed by atoms with Gasteiger partial charge in [0.1, 0.15) is 11.3 Å². The summed E-state index contributed by atoms with van der Waals surface area (Å²) >= 11 is 0. The molecule has 0 bridgehead atoms. The Labute approximate surface area is 331 Å². The molecule has 0 unspecified atom stereocenters. The van der Waals surface area contributed by atoms with Crippen molar-refractivity contribution in [3.63, 3.8) is 0 Å². The number of fused-ring (bicyclic) bond motifs is 5. The van der Waals surface area contributed by atoms with Crippen molar-refractivity contribution in [2.45, 2.75) is 0 Å². The smallest absolute Gasteiger partial charge is 0.144 e. The highest BCUT2D eigenvalue weighted by atomic mass is 16.3. The van der Waals surface area contributed by atoms with Gasteiger partial charge in [-0.05, 0) is 71.3 Å². The molecule has 0 aliphatic rings. The molecular formula is C56H36O. The second-order valence-corrected chi connectivity index (χ2v) is 14.7. The van der Waals surface area contributed by atoms with Crippen LogP contribution in [0.3, 0.4) is 0 Å². The van der Waals surface area contributed by atoms with Gasteiger partial charge < -0.3 is 4.42 Å². The summed E-state index contributed by atoms with van der Waals surface area (Å²) in [6, 6.07) is 78.6. The van der Waals surface area contributed by atoms with Crippen LogP contribution in [-0.4, -0.2) is 0 Å². The number of hydrogen-bond donors (Lipinski definition) is 0. The fraction of sp³-hybridized carbons (Fsp3) is 0. The van der Waals surface area contributed by atoms with Crippen molar-refractivity contribution in [1.29, 1.82) is 0 Å². The number of hydrogen-bond acceptors (Lipinski definition) is 1. The van der Waals surface area contributed by atoms with Gasteiger partial charge in [-0.15, -0.1) is 0 Å². The van der Waals surface area contributed by atoms with Crippen molar-refractivity contribution >= 4 is 43.3 Å². The molecule has 11 aromatic rings. The number of rotatable bonds is 6. The maximum Gasteiger partial charge on any atom is 0.144 e. The Balaban J connectivity index is 1.20. The van der Waals surface area contributed by atoms with Crippen LogP contribution in [0.15, 0.2) is 223 Å². The Bertz CT molecular complexity index is 3180. The SMILES string of the molecule is c1ccc(-c2oc3c(-c4ccccc4)c(-c4ccc(-c5c6ccccc6c(-c6ccccc6)c6ccccc56)cc4)c4ccccc4c3c2-c2ccccc2)cc1. The molecule has 0 atom stereocenters. The second-order valence-electron chi connectivity index (χ2n) is 14.7. The molecule has 1 heteroatoms. The predicted molar refractivity (Wildman–Crippen MR) is 241 cm³/mol. The van der Waals surface area contributed by atoms with E-state index in [9.17, 15) is 0 Å². The average Bonchev–Trinajstić information content (AvgIpc) is 3.70. The average molecular weight is 725 g/mol. The zero-order valence-corrected chi connectivity index (χ0v) is 31.2. The van der Waals surface area contributed by atoms with E-state index >= 15 is 0 Å². The first kappa shape index (κ1) is 32.9. The lowest BCUT2D eigenvalue weighted by molar-refractivity contribution is 0.634. The van der Waals surface area contributed by atoms with Gasteiger partial charge in [-0.2, -0.15) is 0 Å². The first-order valence-corrected chi connectivity index (χ1v) is 19.6. The molecule has 0 aliphatic heterocycles. The third kappa shape index (κ3) is 5.39. The molecule has 0 radical (unpaired) electrons. The lowest BCUT2D eigenvalue weighted by Crippen LogP contribution is -1.92. The summed E-state index contributed by atoms with van der Waals surface area (Å²) < 4.78 is 7.23. The minimum atomic E-state index is 0.879. The molecule has 1 heterocycles. The van der Waals surface area contributed by atoms with Crippen molar-refractivity contribution in [2.75, 3.05) is 0 Å². The Morgan fingerprint density at radius 2 is 0.509 bits per heavy atom. The highest BCUT2D eigenvalue weighted by Crippen LogP contribution is 2.52. The molecule has 0 saturated heterocycles. The minimum absolute atomic E-state index is 0.879. The third-order valence-corrected chi connectivity index (χ3v) is 11.5. The normalized spacial score (nSPS) is 11.5. The third-order valence-electron chi connectivity index (χ3n) is 11.5. The first-order chi connectivity index (χ1) is 28.3. The topological polar surface area (TPSA) is 13.1 Å². The van der Waals surface area contributed by atoms with Gasteiger partial charge in [-0.25, -0.2) is 0 Å². The van der Waals surface area contributed by atoms with E-state index in [1.165, 1.54) is 54.6 Å². The van der Waals surface area contributed by atoms with Gasteiger partial charge in [0.15, 0.2) is 0 Å². The van der Waals surface area contributed by atoms with Crippen molar-refractivity contribution in [2.24, 2.45) is 0 Å². The van der Waals surface area contributed by atoms with Gasteiger partial charge in [-0.3, -0.25) is 0 Å².